The van der Waals surface area contributed by atoms with Gasteiger partial charge in [-0.15, -0.1) is 0 Å². The van der Waals surface area contributed by atoms with E-state index in [-0.39, 0.29) is 0 Å². The summed E-state index contributed by atoms with van der Waals surface area (Å²) in [5.74, 6) is 0. The minimum absolute atomic E-state index is 0.605. The van der Waals surface area contributed by atoms with Gasteiger partial charge in [0.1, 0.15) is 6.29 Å². The highest BCUT2D eigenvalue weighted by Crippen LogP contribution is 2.29. The molecule has 0 atom stereocenters. The summed E-state index contributed by atoms with van der Waals surface area (Å²) in [5.41, 5.74) is 3.99. The Bertz CT molecular complexity index is 561. The normalized spacial score (nSPS) is 10.3. The van der Waals surface area contributed by atoms with E-state index in [1.54, 1.807) is 12.1 Å². The van der Waals surface area contributed by atoms with E-state index in [1.807, 2.05) is 18.2 Å². The molecule has 2 aromatic carbocycles. The summed E-state index contributed by atoms with van der Waals surface area (Å²) in [4.78, 5) is 10.7. The molecule has 0 spiro atoms. The molecule has 0 aliphatic rings. The molecule has 0 aliphatic heterocycles. The lowest BCUT2D eigenvalue weighted by atomic mass is 10.0. The second-order valence-electron chi connectivity index (χ2n) is 4.31. The van der Waals surface area contributed by atoms with Crippen LogP contribution in [0.4, 0.5) is 0 Å². The Morgan fingerprint density at radius 1 is 1.17 bits per heavy atom. The first-order valence-electron chi connectivity index (χ1n) is 6.08. The molecule has 0 radical (unpaired) electrons. The zero-order valence-corrected chi connectivity index (χ0v) is 11.1. The minimum atomic E-state index is 0.605. The molecular formula is C16H15ClO. The van der Waals surface area contributed by atoms with E-state index in [4.69, 9.17) is 11.6 Å². The Morgan fingerprint density at radius 3 is 2.67 bits per heavy atom. The van der Waals surface area contributed by atoms with Gasteiger partial charge in [0.05, 0.1) is 0 Å². The Kier molecular flexibility index (Phi) is 4.16. The van der Waals surface area contributed by atoms with Crippen LogP contribution in [0.25, 0.3) is 11.1 Å². The number of aryl methyl sites for hydroxylation is 1. The zero-order chi connectivity index (χ0) is 13.0. The van der Waals surface area contributed by atoms with Crippen LogP contribution in [-0.2, 0) is 6.42 Å². The van der Waals surface area contributed by atoms with E-state index < -0.39 is 0 Å². The number of benzene rings is 2. The van der Waals surface area contributed by atoms with Crippen LogP contribution >= 0.6 is 11.6 Å². The van der Waals surface area contributed by atoms with E-state index >= 15 is 0 Å². The zero-order valence-electron chi connectivity index (χ0n) is 10.3. The topological polar surface area (TPSA) is 17.1 Å². The number of carbonyl (C=O) groups excluding carboxylic acids is 1. The molecule has 0 heterocycles. The van der Waals surface area contributed by atoms with Gasteiger partial charge in [0.2, 0.25) is 0 Å². The van der Waals surface area contributed by atoms with Gasteiger partial charge < -0.3 is 0 Å². The van der Waals surface area contributed by atoms with Crippen molar-refractivity contribution in [2.75, 3.05) is 0 Å². The van der Waals surface area contributed by atoms with Gasteiger partial charge in [0.15, 0.2) is 0 Å². The maximum atomic E-state index is 10.7. The average Bonchev–Trinajstić information content (AvgIpc) is 2.39. The molecule has 2 heteroatoms. The molecule has 92 valence electrons. The van der Waals surface area contributed by atoms with E-state index in [0.29, 0.717) is 10.6 Å². The van der Waals surface area contributed by atoms with Gasteiger partial charge in [-0.05, 0) is 23.6 Å². The van der Waals surface area contributed by atoms with Crippen LogP contribution in [-0.4, -0.2) is 6.29 Å². The summed E-state index contributed by atoms with van der Waals surface area (Å²) in [6.07, 6.45) is 3.00. The van der Waals surface area contributed by atoms with Gasteiger partial charge in [-0.2, -0.15) is 0 Å². The average molecular weight is 259 g/mol. The predicted octanol–water partition coefficient (Wildman–Crippen LogP) is 4.77. The molecule has 2 aromatic rings. The molecule has 2 rings (SSSR count). The molecular weight excluding hydrogens is 244 g/mol. The molecule has 0 N–H and O–H groups in total. The number of rotatable bonds is 4. The monoisotopic (exact) mass is 258 g/mol. The largest absolute Gasteiger partial charge is 0.298 e. The molecule has 0 aliphatic carbocycles. The minimum Gasteiger partial charge on any atom is -0.298 e. The second-order valence-corrected chi connectivity index (χ2v) is 4.71. The Hall–Kier alpha value is -1.60. The first-order valence-corrected chi connectivity index (χ1v) is 6.46. The Balaban J connectivity index is 2.41. The molecule has 0 saturated carbocycles. The predicted molar refractivity (Wildman–Crippen MR) is 76.3 cm³/mol. The summed E-state index contributed by atoms with van der Waals surface area (Å²) < 4.78 is 0. The van der Waals surface area contributed by atoms with Crippen LogP contribution in [0.3, 0.4) is 0 Å². The highest BCUT2D eigenvalue weighted by molar-refractivity contribution is 6.33. The molecule has 0 aromatic heterocycles. The smallest absolute Gasteiger partial charge is 0.150 e. The summed E-state index contributed by atoms with van der Waals surface area (Å²) in [5, 5.41) is 0.619. The van der Waals surface area contributed by atoms with Gasteiger partial charge in [-0.25, -0.2) is 0 Å². The van der Waals surface area contributed by atoms with Crippen molar-refractivity contribution < 1.29 is 4.79 Å². The summed E-state index contributed by atoms with van der Waals surface area (Å²) >= 11 is 6.21. The van der Waals surface area contributed by atoms with Gasteiger partial charge in [0, 0.05) is 16.1 Å². The number of hydrogen-bond donors (Lipinski definition) is 0. The summed E-state index contributed by atoms with van der Waals surface area (Å²) in [7, 11) is 0. The molecule has 0 bridgehead atoms. The van der Waals surface area contributed by atoms with Crippen LogP contribution in [0, 0.1) is 0 Å². The van der Waals surface area contributed by atoms with Crippen molar-refractivity contribution in [2.24, 2.45) is 0 Å². The third kappa shape index (κ3) is 2.80. The van der Waals surface area contributed by atoms with E-state index in [9.17, 15) is 4.79 Å². The van der Waals surface area contributed by atoms with Gasteiger partial charge >= 0.3 is 0 Å². The number of aldehydes is 1. The fourth-order valence-corrected chi connectivity index (χ4v) is 2.32. The van der Waals surface area contributed by atoms with Crippen LogP contribution < -0.4 is 0 Å². The molecule has 0 amide bonds. The third-order valence-corrected chi connectivity index (χ3v) is 3.22. The van der Waals surface area contributed by atoms with Crippen molar-refractivity contribution in [3.63, 3.8) is 0 Å². The second kappa shape index (κ2) is 5.83. The first kappa shape index (κ1) is 12.8. The number of halogens is 1. The van der Waals surface area contributed by atoms with Gasteiger partial charge in [0.25, 0.3) is 0 Å². The number of hydrogen-bond acceptors (Lipinski definition) is 1. The fourth-order valence-electron chi connectivity index (χ4n) is 2.02. The van der Waals surface area contributed by atoms with E-state index in [0.717, 1.165) is 30.3 Å². The SMILES string of the molecule is CCCc1cccc(-c2ccc(C=O)cc2Cl)c1. The van der Waals surface area contributed by atoms with Crippen molar-refractivity contribution in [1.29, 1.82) is 0 Å². The van der Waals surface area contributed by atoms with Crippen molar-refractivity contribution in [3.8, 4) is 11.1 Å². The Morgan fingerprint density at radius 2 is 2.00 bits per heavy atom. The lowest BCUT2D eigenvalue weighted by Crippen LogP contribution is -1.87. The Labute approximate surface area is 112 Å². The standard InChI is InChI=1S/C16H15ClO/c1-2-4-12-5-3-6-14(9-12)15-8-7-13(11-18)10-16(15)17/h3,5-11H,2,4H2,1H3. The summed E-state index contributed by atoms with van der Waals surface area (Å²) in [6.45, 7) is 2.17. The highest BCUT2D eigenvalue weighted by atomic mass is 35.5. The maximum Gasteiger partial charge on any atom is 0.150 e. The fraction of sp³-hybridized carbons (Fsp3) is 0.188. The van der Waals surface area contributed by atoms with E-state index in [1.165, 1.54) is 5.56 Å². The van der Waals surface area contributed by atoms with Gasteiger partial charge in [-0.1, -0.05) is 61.3 Å². The van der Waals surface area contributed by atoms with Crippen LogP contribution in [0.5, 0.6) is 0 Å². The lowest BCUT2D eigenvalue weighted by Gasteiger charge is -2.07. The molecule has 0 unspecified atom stereocenters. The first-order chi connectivity index (χ1) is 8.74. The molecule has 18 heavy (non-hydrogen) atoms. The van der Waals surface area contributed by atoms with Crippen molar-refractivity contribution in [2.45, 2.75) is 19.8 Å². The van der Waals surface area contributed by atoms with Crippen molar-refractivity contribution in [3.05, 3.63) is 58.6 Å². The van der Waals surface area contributed by atoms with E-state index in [2.05, 4.69) is 19.1 Å². The lowest BCUT2D eigenvalue weighted by molar-refractivity contribution is 0.112. The van der Waals surface area contributed by atoms with Crippen molar-refractivity contribution >= 4 is 17.9 Å². The van der Waals surface area contributed by atoms with Crippen LogP contribution in [0.2, 0.25) is 5.02 Å². The quantitative estimate of drug-likeness (QED) is 0.722. The van der Waals surface area contributed by atoms with Crippen LogP contribution in [0.1, 0.15) is 29.3 Å². The highest BCUT2D eigenvalue weighted by Gasteiger charge is 2.05. The maximum absolute atomic E-state index is 10.7. The molecule has 0 saturated heterocycles. The van der Waals surface area contributed by atoms with Crippen LogP contribution in [0.15, 0.2) is 42.5 Å². The van der Waals surface area contributed by atoms with Crippen molar-refractivity contribution in [1.82, 2.24) is 0 Å². The molecule has 1 nitrogen and oxygen atoms in total. The molecule has 0 fully saturated rings. The summed E-state index contributed by atoms with van der Waals surface area (Å²) in [6, 6.07) is 13.8. The number of carbonyl (C=O) groups is 1. The van der Waals surface area contributed by atoms with Gasteiger partial charge in [-0.3, -0.25) is 4.79 Å². The third-order valence-electron chi connectivity index (χ3n) is 2.91.